The molecule has 3 aromatic rings. The molecule has 0 aliphatic carbocycles. The van der Waals surface area contributed by atoms with Gasteiger partial charge in [-0.05, 0) is 55.8 Å². The van der Waals surface area contributed by atoms with Gasteiger partial charge in [-0.1, -0.05) is 13.0 Å². The van der Waals surface area contributed by atoms with Crippen LogP contribution in [0, 0.1) is 18.7 Å². The Morgan fingerprint density at radius 2 is 1.87 bits per heavy atom. The van der Waals surface area contributed by atoms with E-state index in [2.05, 4.69) is 20.5 Å². The fourth-order valence-electron chi connectivity index (χ4n) is 4.91. The van der Waals surface area contributed by atoms with Gasteiger partial charge in [-0.2, -0.15) is 4.39 Å². The molecule has 1 aromatic heterocycles. The second-order valence-electron chi connectivity index (χ2n) is 9.64. The number of hydrogen-bond acceptors (Lipinski definition) is 6. The number of aryl methyl sites for hydroxylation is 1. The highest BCUT2D eigenvalue weighted by molar-refractivity contribution is 6.07. The number of amidine groups is 1. The van der Waals surface area contributed by atoms with Crippen LogP contribution in [0.25, 0.3) is 10.9 Å². The third-order valence-corrected chi connectivity index (χ3v) is 6.89. The van der Waals surface area contributed by atoms with E-state index >= 15 is 8.78 Å². The van der Waals surface area contributed by atoms with Gasteiger partial charge in [-0.15, -0.1) is 0 Å². The Bertz CT molecular complexity index is 1450. The van der Waals surface area contributed by atoms with Gasteiger partial charge in [-0.25, -0.2) is 9.38 Å². The molecule has 38 heavy (non-hydrogen) atoms. The molecule has 1 atom stereocenters. The Morgan fingerprint density at radius 3 is 2.58 bits per heavy atom. The van der Waals surface area contributed by atoms with E-state index in [1.807, 2.05) is 37.3 Å². The Hall–Kier alpha value is -3.98. The van der Waals surface area contributed by atoms with E-state index < -0.39 is 11.6 Å². The van der Waals surface area contributed by atoms with Crippen LogP contribution >= 0.6 is 0 Å². The van der Waals surface area contributed by atoms with E-state index in [0.29, 0.717) is 23.3 Å². The number of nitrogens with zero attached hydrogens (tertiary/aromatic N) is 3. The zero-order chi connectivity index (χ0) is 26.8. The molecule has 1 unspecified atom stereocenters. The Morgan fingerprint density at radius 1 is 1.13 bits per heavy atom. The van der Waals surface area contributed by atoms with Gasteiger partial charge in [0.05, 0.1) is 5.52 Å². The molecular formula is C29H31F2N5O2. The van der Waals surface area contributed by atoms with Crippen LogP contribution in [0.5, 0.6) is 5.75 Å². The van der Waals surface area contributed by atoms with Crippen molar-refractivity contribution in [3.63, 3.8) is 0 Å². The summed E-state index contributed by atoms with van der Waals surface area (Å²) >= 11 is 0. The molecule has 2 N–H and O–H groups in total. The number of hydrogen-bond donors (Lipinski definition) is 2. The lowest BCUT2D eigenvalue weighted by Crippen LogP contribution is -2.43. The number of fused-ring (bicyclic) bond motifs is 1. The maximum atomic E-state index is 15.9. The smallest absolute Gasteiger partial charge is 0.228 e. The summed E-state index contributed by atoms with van der Waals surface area (Å²) in [6, 6.07) is 12.4. The van der Waals surface area contributed by atoms with Crippen LogP contribution in [0.3, 0.4) is 0 Å². The predicted molar refractivity (Wildman–Crippen MR) is 147 cm³/mol. The van der Waals surface area contributed by atoms with E-state index in [0.717, 1.165) is 31.9 Å². The van der Waals surface area contributed by atoms with E-state index in [9.17, 15) is 4.79 Å². The Labute approximate surface area is 220 Å². The summed E-state index contributed by atoms with van der Waals surface area (Å²) in [7, 11) is 0. The molecular weight excluding hydrogens is 488 g/mol. The summed E-state index contributed by atoms with van der Waals surface area (Å²) in [5.41, 5.74) is 2.83. The second-order valence-corrected chi connectivity index (χ2v) is 9.64. The van der Waals surface area contributed by atoms with E-state index in [1.54, 1.807) is 25.3 Å². The van der Waals surface area contributed by atoms with Crippen molar-refractivity contribution in [2.24, 2.45) is 10.9 Å². The highest BCUT2D eigenvalue weighted by Crippen LogP contribution is 2.33. The topological polar surface area (TPSA) is 70.9 Å². The maximum Gasteiger partial charge on any atom is 0.228 e. The van der Waals surface area contributed by atoms with Crippen LogP contribution in [0.1, 0.15) is 30.8 Å². The molecule has 1 saturated heterocycles. The quantitative estimate of drug-likeness (QED) is 0.457. The normalized spacial score (nSPS) is 22.4. The van der Waals surface area contributed by atoms with Gasteiger partial charge in [-0.3, -0.25) is 9.36 Å². The molecule has 9 heteroatoms. The number of anilines is 2. The summed E-state index contributed by atoms with van der Waals surface area (Å²) < 4.78 is 38.7. The van der Waals surface area contributed by atoms with Gasteiger partial charge < -0.3 is 20.3 Å². The number of benzene rings is 2. The molecule has 0 amide bonds. The lowest BCUT2D eigenvalue weighted by atomic mass is 10.0. The lowest BCUT2D eigenvalue weighted by molar-refractivity contribution is 0.0939. The van der Waals surface area contributed by atoms with Gasteiger partial charge >= 0.3 is 0 Å². The van der Waals surface area contributed by atoms with Gasteiger partial charge in [0.1, 0.15) is 5.76 Å². The minimum absolute atomic E-state index is 0.0148. The summed E-state index contributed by atoms with van der Waals surface area (Å²) in [5, 5.41) is 6.63. The van der Waals surface area contributed by atoms with Crippen LogP contribution < -0.4 is 20.3 Å². The van der Waals surface area contributed by atoms with Crippen molar-refractivity contribution < 1.29 is 18.3 Å². The number of carbonyl (C=O) groups excluding carboxylic acids is 1. The predicted octanol–water partition coefficient (Wildman–Crippen LogP) is 5.78. The molecule has 2 aliphatic rings. The first-order valence-corrected chi connectivity index (χ1v) is 12.8. The summed E-state index contributed by atoms with van der Waals surface area (Å²) in [5.74, 6) is -2.06. The number of aromatic nitrogens is 1. The fraction of sp³-hybridized carbons (Fsp3) is 0.310. The summed E-state index contributed by atoms with van der Waals surface area (Å²) in [6.45, 7) is 8.72. The van der Waals surface area contributed by atoms with Crippen molar-refractivity contribution >= 4 is 34.0 Å². The fourth-order valence-corrected chi connectivity index (χ4v) is 4.91. The molecule has 2 aromatic carbocycles. The van der Waals surface area contributed by atoms with Crippen LogP contribution in [0.15, 0.2) is 71.3 Å². The molecule has 7 nitrogen and oxygen atoms in total. The standard InChI is InChI=1S/C29H31F2N5O2/c1-18-5-4-12-33-29(34-21-6-8-22(9-7-21)35-15-13-32-14-16-35)27(31)28(18)38-25-11-10-24-23(26(25)30)17-19(2)36(24)20(3)37/h4,6-12,17-18,32H,5,13-16H2,1-3H3,(H,33,34)/b12-4+,28-27-. The highest BCUT2D eigenvalue weighted by Gasteiger charge is 2.25. The highest BCUT2D eigenvalue weighted by atomic mass is 19.1. The SMILES string of the molecule is CC(=O)n1c(C)cc2c(F)c(O/C3=C(F)/C(Nc4ccc(N5CCNCC5)cc4)=N/C=C/CC3C)ccc21. The number of aliphatic imine (C=N–C) groups is 1. The van der Waals surface area contributed by atoms with Crippen molar-refractivity contribution in [2.45, 2.75) is 27.2 Å². The first kappa shape index (κ1) is 25.7. The summed E-state index contributed by atoms with van der Waals surface area (Å²) in [6.07, 6.45) is 3.86. The van der Waals surface area contributed by atoms with Crippen molar-refractivity contribution in [1.29, 1.82) is 0 Å². The van der Waals surface area contributed by atoms with E-state index in [1.165, 1.54) is 17.6 Å². The number of rotatable bonds is 4. The zero-order valence-corrected chi connectivity index (χ0v) is 21.7. The molecule has 0 radical (unpaired) electrons. The minimum atomic E-state index is -0.690. The first-order valence-electron chi connectivity index (χ1n) is 12.8. The first-order chi connectivity index (χ1) is 18.3. The zero-order valence-electron chi connectivity index (χ0n) is 21.7. The van der Waals surface area contributed by atoms with Crippen molar-refractivity contribution in [3.05, 3.63) is 77.8 Å². The second kappa shape index (κ2) is 10.8. The third-order valence-electron chi connectivity index (χ3n) is 6.89. The van der Waals surface area contributed by atoms with Gasteiger partial charge in [0, 0.05) is 67.7 Å². The monoisotopic (exact) mass is 519 g/mol. The van der Waals surface area contributed by atoms with Crippen molar-refractivity contribution in [3.8, 4) is 5.75 Å². The minimum Gasteiger partial charge on any atom is -0.455 e. The largest absolute Gasteiger partial charge is 0.455 e. The van der Waals surface area contributed by atoms with Crippen molar-refractivity contribution in [1.82, 2.24) is 9.88 Å². The molecule has 2 aliphatic heterocycles. The number of ether oxygens (including phenoxy) is 1. The third kappa shape index (κ3) is 5.06. The Kier molecular flexibility index (Phi) is 7.28. The maximum absolute atomic E-state index is 15.9. The number of nitrogens with one attached hydrogen (secondary N) is 2. The van der Waals surface area contributed by atoms with Crippen LogP contribution in [0.4, 0.5) is 20.2 Å². The van der Waals surface area contributed by atoms with Gasteiger partial charge in [0.15, 0.2) is 17.4 Å². The Balaban J connectivity index is 1.43. The van der Waals surface area contributed by atoms with Crippen LogP contribution in [-0.2, 0) is 0 Å². The molecule has 0 spiro atoms. The summed E-state index contributed by atoms with van der Waals surface area (Å²) in [4.78, 5) is 18.6. The molecule has 1 fully saturated rings. The van der Waals surface area contributed by atoms with Gasteiger partial charge in [0.2, 0.25) is 11.7 Å². The lowest BCUT2D eigenvalue weighted by Gasteiger charge is -2.29. The van der Waals surface area contributed by atoms with Crippen LogP contribution in [-0.4, -0.2) is 42.5 Å². The average molecular weight is 520 g/mol. The number of piperazine rings is 1. The van der Waals surface area contributed by atoms with Crippen LogP contribution in [0.2, 0.25) is 0 Å². The molecule has 198 valence electrons. The van der Waals surface area contributed by atoms with E-state index in [-0.39, 0.29) is 34.6 Å². The van der Waals surface area contributed by atoms with E-state index in [4.69, 9.17) is 4.74 Å². The van der Waals surface area contributed by atoms with Gasteiger partial charge in [0.25, 0.3) is 0 Å². The average Bonchev–Trinajstić information content (AvgIpc) is 3.27. The molecule has 3 heterocycles. The molecule has 0 saturated carbocycles. The number of halogens is 2. The number of carbonyl (C=O) groups is 1. The number of allylic oxidation sites excluding steroid dienone is 2. The molecule has 0 bridgehead atoms. The molecule has 5 rings (SSSR count). The van der Waals surface area contributed by atoms with Crippen molar-refractivity contribution in [2.75, 3.05) is 36.4 Å².